The number of piperazine rings is 2. The minimum atomic E-state index is 0.00131. The Kier molecular flexibility index (Phi) is 10.9. The van der Waals surface area contributed by atoms with Crippen molar-refractivity contribution in [2.45, 2.75) is 47.2 Å². The molecule has 2 fully saturated rings. The van der Waals surface area contributed by atoms with E-state index in [1.165, 1.54) is 16.0 Å². The highest BCUT2D eigenvalue weighted by Crippen LogP contribution is 2.40. The number of carbonyl (C=O) groups is 2. The fourth-order valence-corrected chi connectivity index (χ4v) is 8.95. The van der Waals surface area contributed by atoms with E-state index in [1.54, 1.807) is 20.7 Å². The molecule has 0 unspecified atom stereocenters. The molecule has 0 atom stereocenters. The maximum absolute atomic E-state index is 12.5. The van der Waals surface area contributed by atoms with Crippen LogP contribution in [0.2, 0.25) is 0 Å². The van der Waals surface area contributed by atoms with Gasteiger partial charge in [-0.25, -0.2) is 0 Å². The molecule has 1 N–H and O–H groups in total. The molecule has 2 aromatic carbocycles. The van der Waals surface area contributed by atoms with Gasteiger partial charge >= 0.3 is 0 Å². The summed E-state index contributed by atoms with van der Waals surface area (Å²) in [4.78, 5) is 34.8. The van der Waals surface area contributed by atoms with Crippen molar-refractivity contribution in [2.24, 2.45) is 11.8 Å². The van der Waals surface area contributed by atoms with Crippen LogP contribution in [-0.4, -0.2) is 88.9 Å². The third-order valence-electron chi connectivity index (χ3n) is 8.62. The SMILES string of the molecule is CC(C)C(=O)N1CCN(Cc2cc(-c3ssc(=S)c3Cc3ccccc3)cc(CN3CCN(C(=O)C(C)C)CC3)c2O)CC1. The summed E-state index contributed by atoms with van der Waals surface area (Å²) in [5, 5.41) is 11.7. The molecule has 2 saturated heterocycles. The van der Waals surface area contributed by atoms with Crippen molar-refractivity contribution in [2.75, 3.05) is 52.4 Å². The van der Waals surface area contributed by atoms with Gasteiger partial charge in [0.05, 0.1) is 4.88 Å². The molecule has 0 saturated carbocycles. The monoisotopic (exact) mass is 652 g/mol. The lowest BCUT2D eigenvalue weighted by atomic mass is 9.98. The topological polar surface area (TPSA) is 67.3 Å². The van der Waals surface area contributed by atoms with E-state index < -0.39 is 0 Å². The van der Waals surface area contributed by atoms with Gasteiger partial charge in [0.2, 0.25) is 11.8 Å². The highest BCUT2D eigenvalue weighted by Gasteiger charge is 2.27. The van der Waals surface area contributed by atoms with Gasteiger partial charge < -0.3 is 14.9 Å². The highest BCUT2D eigenvalue weighted by atomic mass is 32.9. The van der Waals surface area contributed by atoms with Gasteiger partial charge in [-0.2, -0.15) is 0 Å². The molecule has 7 nitrogen and oxygen atoms in total. The summed E-state index contributed by atoms with van der Waals surface area (Å²) in [5.74, 6) is 0.759. The number of phenols is 1. The zero-order valence-corrected chi connectivity index (χ0v) is 28.7. The van der Waals surface area contributed by atoms with E-state index in [-0.39, 0.29) is 23.7 Å². The van der Waals surface area contributed by atoms with E-state index in [0.29, 0.717) is 45.0 Å². The molecule has 44 heavy (non-hydrogen) atoms. The van der Waals surface area contributed by atoms with Gasteiger partial charge in [0.25, 0.3) is 0 Å². The van der Waals surface area contributed by atoms with Gasteiger partial charge in [0.1, 0.15) is 9.57 Å². The van der Waals surface area contributed by atoms with E-state index in [0.717, 1.165) is 53.1 Å². The summed E-state index contributed by atoms with van der Waals surface area (Å²) in [7, 11) is 3.36. The molecular formula is C34H44N4O3S3. The van der Waals surface area contributed by atoms with Gasteiger partial charge in [-0.05, 0) is 23.3 Å². The molecule has 10 heteroatoms. The van der Waals surface area contributed by atoms with E-state index in [9.17, 15) is 14.7 Å². The van der Waals surface area contributed by atoms with Crippen LogP contribution < -0.4 is 0 Å². The second kappa shape index (κ2) is 14.6. The number of nitrogens with zero attached hydrogens (tertiary/aromatic N) is 4. The van der Waals surface area contributed by atoms with Crippen LogP contribution in [0.15, 0.2) is 42.5 Å². The highest BCUT2D eigenvalue weighted by molar-refractivity contribution is 7.80. The first kappa shape index (κ1) is 32.8. The van der Waals surface area contributed by atoms with E-state index >= 15 is 0 Å². The lowest BCUT2D eigenvalue weighted by Gasteiger charge is -2.36. The predicted molar refractivity (Wildman–Crippen MR) is 183 cm³/mol. The van der Waals surface area contributed by atoms with Crippen molar-refractivity contribution >= 4 is 44.7 Å². The van der Waals surface area contributed by atoms with E-state index in [1.807, 2.05) is 43.6 Å². The van der Waals surface area contributed by atoms with Crippen LogP contribution in [0.1, 0.15) is 49.9 Å². The van der Waals surface area contributed by atoms with Crippen LogP contribution in [0.3, 0.4) is 0 Å². The molecular weight excluding hydrogens is 609 g/mol. The lowest BCUT2D eigenvalue weighted by molar-refractivity contribution is -0.137. The smallest absolute Gasteiger partial charge is 0.225 e. The largest absolute Gasteiger partial charge is 0.507 e. The molecule has 2 aliphatic heterocycles. The van der Waals surface area contributed by atoms with Gasteiger partial charge in [0, 0.05) is 100 Å². The fourth-order valence-electron chi connectivity index (χ4n) is 6.04. The third-order valence-corrected chi connectivity index (χ3v) is 11.8. The Morgan fingerprint density at radius 1 is 0.773 bits per heavy atom. The average molecular weight is 653 g/mol. The number of amides is 2. The summed E-state index contributed by atoms with van der Waals surface area (Å²) >= 11 is 5.82. The number of benzene rings is 2. The molecule has 3 heterocycles. The fraction of sp³-hybridized carbons (Fsp3) is 0.500. The number of rotatable bonds is 9. The van der Waals surface area contributed by atoms with Crippen LogP contribution in [0.25, 0.3) is 10.4 Å². The molecule has 0 spiro atoms. The van der Waals surface area contributed by atoms with Gasteiger partial charge in [0.15, 0.2) is 0 Å². The number of aromatic hydroxyl groups is 1. The Morgan fingerprint density at radius 3 is 1.70 bits per heavy atom. The number of phenolic OH excluding ortho intramolecular Hbond substituents is 1. The Labute approximate surface area is 274 Å². The number of carbonyl (C=O) groups excluding carboxylic acids is 2. The molecule has 0 radical (unpaired) electrons. The minimum absolute atomic E-state index is 0.00131. The normalized spacial score (nSPS) is 16.7. The molecule has 236 valence electrons. The maximum Gasteiger partial charge on any atom is 0.225 e. The minimum Gasteiger partial charge on any atom is -0.507 e. The van der Waals surface area contributed by atoms with Crippen LogP contribution in [-0.2, 0) is 29.1 Å². The van der Waals surface area contributed by atoms with Crippen LogP contribution in [0, 0.1) is 15.7 Å². The van der Waals surface area contributed by atoms with Crippen molar-refractivity contribution in [1.82, 2.24) is 19.6 Å². The molecule has 0 aliphatic carbocycles. The Balaban J connectivity index is 1.41. The van der Waals surface area contributed by atoms with Crippen molar-refractivity contribution in [3.8, 4) is 16.2 Å². The number of hydrogen-bond donors (Lipinski definition) is 1. The molecule has 2 amide bonds. The van der Waals surface area contributed by atoms with Gasteiger partial charge in [-0.15, -0.1) is 0 Å². The zero-order chi connectivity index (χ0) is 31.4. The lowest BCUT2D eigenvalue weighted by Crippen LogP contribution is -2.49. The van der Waals surface area contributed by atoms with Gasteiger partial charge in [-0.1, -0.05) is 90.9 Å². The van der Waals surface area contributed by atoms with Crippen molar-refractivity contribution in [3.05, 3.63) is 68.5 Å². The van der Waals surface area contributed by atoms with Crippen molar-refractivity contribution in [3.63, 3.8) is 0 Å². The summed E-state index contributed by atoms with van der Waals surface area (Å²) in [6.45, 7) is 15.0. The zero-order valence-electron chi connectivity index (χ0n) is 26.3. The van der Waals surface area contributed by atoms with Crippen molar-refractivity contribution in [1.29, 1.82) is 0 Å². The van der Waals surface area contributed by atoms with Crippen LogP contribution in [0.4, 0.5) is 0 Å². The predicted octanol–water partition coefficient (Wildman–Crippen LogP) is 6.10. The van der Waals surface area contributed by atoms with Crippen LogP contribution in [0.5, 0.6) is 5.75 Å². The summed E-state index contributed by atoms with van der Waals surface area (Å²) in [6, 6.07) is 14.7. The first-order valence-electron chi connectivity index (χ1n) is 15.6. The molecule has 0 bridgehead atoms. The van der Waals surface area contributed by atoms with E-state index in [2.05, 4.69) is 46.2 Å². The third kappa shape index (κ3) is 7.77. The summed E-state index contributed by atoms with van der Waals surface area (Å²) in [6.07, 6.45) is 0.776. The Morgan fingerprint density at radius 2 is 1.25 bits per heavy atom. The summed E-state index contributed by atoms with van der Waals surface area (Å²) < 4.78 is 0.918. The molecule has 2 aliphatic rings. The van der Waals surface area contributed by atoms with Gasteiger partial charge in [-0.3, -0.25) is 19.4 Å². The second-order valence-corrected chi connectivity index (χ2v) is 15.4. The van der Waals surface area contributed by atoms with Crippen LogP contribution >= 0.6 is 32.9 Å². The van der Waals surface area contributed by atoms with E-state index in [4.69, 9.17) is 12.2 Å². The second-order valence-electron chi connectivity index (χ2n) is 12.6. The Hall–Kier alpha value is -2.63. The first-order chi connectivity index (χ1) is 21.1. The molecule has 5 rings (SSSR count). The molecule has 1 aromatic heterocycles. The first-order valence-corrected chi connectivity index (χ1v) is 18.2. The quantitative estimate of drug-likeness (QED) is 0.223. The van der Waals surface area contributed by atoms with Crippen molar-refractivity contribution < 1.29 is 14.7 Å². The Bertz CT molecular complexity index is 1440. The average Bonchev–Trinajstić information content (AvgIpc) is 3.38. The number of hydrogen-bond acceptors (Lipinski definition) is 8. The standard InChI is InChI=1S/C34H44N4O3S3/c1-23(2)32(40)37-14-10-35(11-15-37)21-27-19-26(31-29(34(42)44-43-31)18-25-8-6-5-7-9-25)20-28(30(27)39)22-36-12-16-38(17-13-36)33(41)24(3)4/h5-9,19-20,23-24,39H,10-18,21-22H2,1-4H3. The maximum atomic E-state index is 12.5. The molecule has 3 aromatic rings. The summed E-state index contributed by atoms with van der Waals surface area (Å²) in [5.41, 5.74) is 5.31.